The molecule has 1 fully saturated rings. The Morgan fingerprint density at radius 3 is 2.46 bits per heavy atom. The summed E-state index contributed by atoms with van der Waals surface area (Å²) in [5, 5.41) is 13.8. The second-order valence-corrected chi connectivity index (χ2v) is 8.04. The summed E-state index contributed by atoms with van der Waals surface area (Å²) in [4.78, 5) is 25.2. The molecule has 0 aliphatic carbocycles. The summed E-state index contributed by atoms with van der Waals surface area (Å²) in [5.74, 6) is -0.707. The quantitative estimate of drug-likeness (QED) is 0.549. The summed E-state index contributed by atoms with van der Waals surface area (Å²) in [7, 11) is -3.48. The van der Waals surface area contributed by atoms with E-state index in [0.29, 0.717) is 0 Å². The van der Waals surface area contributed by atoms with Gasteiger partial charge in [0.25, 0.3) is 0 Å². The standard InChI is InChI=1S/C16H20ClN3O5S/c1-3-26(24,25)20-6-4-19(5-7-20)16(23)10-18-14-9-13(17)12(11(2)21)8-15(14)22/h3,8-9,18,22H,1,4-7,10H2,2H3. The third kappa shape index (κ3) is 4.54. The van der Waals surface area contributed by atoms with Gasteiger partial charge in [0, 0.05) is 37.2 Å². The molecule has 2 rings (SSSR count). The van der Waals surface area contributed by atoms with Crippen LogP contribution >= 0.6 is 11.6 Å². The largest absolute Gasteiger partial charge is 0.506 e. The van der Waals surface area contributed by atoms with Gasteiger partial charge in [-0.3, -0.25) is 9.59 Å². The van der Waals surface area contributed by atoms with E-state index < -0.39 is 10.0 Å². The number of carbonyl (C=O) groups excluding carboxylic acids is 2. The maximum absolute atomic E-state index is 12.3. The highest BCUT2D eigenvalue weighted by Crippen LogP contribution is 2.30. The van der Waals surface area contributed by atoms with Gasteiger partial charge in [0.1, 0.15) is 5.75 Å². The minimum Gasteiger partial charge on any atom is -0.506 e. The molecule has 1 amide bonds. The average Bonchev–Trinajstić information content (AvgIpc) is 2.61. The Morgan fingerprint density at radius 2 is 1.92 bits per heavy atom. The third-order valence-corrected chi connectivity index (χ3v) is 5.88. The lowest BCUT2D eigenvalue weighted by Gasteiger charge is -2.33. The first-order valence-corrected chi connectivity index (χ1v) is 9.71. The van der Waals surface area contributed by atoms with E-state index in [1.165, 1.54) is 28.3 Å². The summed E-state index contributed by atoms with van der Waals surface area (Å²) in [6.45, 7) is 5.45. The topological polar surface area (TPSA) is 107 Å². The van der Waals surface area contributed by atoms with Crippen LogP contribution < -0.4 is 5.32 Å². The lowest BCUT2D eigenvalue weighted by Crippen LogP contribution is -2.51. The molecule has 0 aromatic heterocycles. The van der Waals surface area contributed by atoms with Crippen LogP contribution in [-0.4, -0.2) is 67.1 Å². The Labute approximate surface area is 157 Å². The molecule has 0 radical (unpaired) electrons. The van der Waals surface area contributed by atoms with E-state index in [1.807, 2.05) is 0 Å². The van der Waals surface area contributed by atoms with Gasteiger partial charge in [-0.05, 0) is 19.1 Å². The number of nitrogens with one attached hydrogen (secondary N) is 1. The van der Waals surface area contributed by atoms with Gasteiger partial charge in [-0.25, -0.2) is 8.42 Å². The number of ketones is 1. The van der Waals surface area contributed by atoms with Crippen LogP contribution in [0.15, 0.2) is 24.1 Å². The normalized spacial score (nSPS) is 15.5. The van der Waals surface area contributed by atoms with Crippen molar-refractivity contribution in [1.29, 1.82) is 0 Å². The second kappa shape index (κ2) is 8.07. The zero-order valence-corrected chi connectivity index (χ0v) is 15.8. The second-order valence-electron chi connectivity index (χ2n) is 5.75. The summed E-state index contributed by atoms with van der Waals surface area (Å²) < 4.78 is 24.7. The fourth-order valence-corrected chi connectivity index (χ4v) is 3.73. The van der Waals surface area contributed by atoms with Crippen LogP contribution in [0.4, 0.5) is 5.69 Å². The van der Waals surface area contributed by atoms with Gasteiger partial charge in [0.2, 0.25) is 15.9 Å². The number of carbonyl (C=O) groups is 2. The van der Waals surface area contributed by atoms with Crippen LogP contribution in [0, 0.1) is 0 Å². The number of aromatic hydroxyl groups is 1. The summed E-state index contributed by atoms with van der Waals surface area (Å²) in [6, 6.07) is 2.63. The number of hydrogen-bond acceptors (Lipinski definition) is 6. The van der Waals surface area contributed by atoms with Crippen LogP contribution in [0.2, 0.25) is 5.02 Å². The molecule has 0 spiro atoms. The number of phenols is 1. The van der Waals surface area contributed by atoms with Crippen LogP contribution in [0.3, 0.4) is 0 Å². The van der Waals surface area contributed by atoms with Crippen molar-refractivity contribution in [2.24, 2.45) is 0 Å². The molecule has 1 aromatic rings. The molecular formula is C16H20ClN3O5S. The van der Waals surface area contributed by atoms with E-state index in [4.69, 9.17) is 11.6 Å². The minimum atomic E-state index is -3.48. The molecule has 1 saturated heterocycles. The maximum atomic E-state index is 12.3. The molecule has 26 heavy (non-hydrogen) atoms. The number of nitrogens with zero attached hydrogens (tertiary/aromatic N) is 2. The van der Waals surface area contributed by atoms with E-state index in [0.717, 1.165) is 5.41 Å². The van der Waals surface area contributed by atoms with Crippen molar-refractivity contribution in [2.45, 2.75) is 6.92 Å². The average molecular weight is 402 g/mol. The molecule has 1 aromatic carbocycles. The van der Waals surface area contributed by atoms with Crippen molar-refractivity contribution < 1.29 is 23.1 Å². The zero-order valence-electron chi connectivity index (χ0n) is 14.2. The highest BCUT2D eigenvalue weighted by atomic mass is 35.5. The zero-order chi connectivity index (χ0) is 19.5. The number of phenolic OH excluding ortho intramolecular Hbond substituents is 1. The molecule has 1 aliphatic heterocycles. The number of amides is 1. The van der Waals surface area contributed by atoms with Gasteiger partial charge in [0.15, 0.2) is 5.78 Å². The number of Topliss-reactive ketones (excluding diaryl/α,β-unsaturated/α-hetero) is 1. The molecule has 2 N–H and O–H groups in total. The maximum Gasteiger partial charge on any atom is 0.241 e. The number of halogens is 1. The van der Waals surface area contributed by atoms with Gasteiger partial charge in [0.05, 0.1) is 17.3 Å². The highest BCUT2D eigenvalue weighted by molar-refractivity contribution is 7.92. The molecule has 10 heteroatoms. The Morgan fingerprint density at radius 1 is 1.31 bits per heavy atom. The van der Waals surface area contributed by atoms with Crippen molar-refractivity contribution in [1.82, 2.24) is 9.21 Å². The lowest BCUT2D eigenvalue weighted by atomic mass is 10.1. The molecule has 0 unspecified atom stereocenters. The SMILES string of the molecule is C=CS(=O)(=O)N1CCN(C(=O)CNc2cc(Cl)c(C(C)=O)cc2O)CC1. The van der Waals surface area contributed by atoms with Gasteiger partial charge >= 0.3 is 0 Å². The summed E-state index contributed by atoms with van der Waals surface area (Å²) in [5.41, 5.74) is 0.432. The molecule has 0 saturated carbocycles. The Hall–Kier alpha value is -2.10. The third-order valence-electron chi connectivity index (χ3n) is 4.06. The first-order valence-electron chi connectivity index (χ1n) is 7.83. The van der Waals surface area contributed by atoms with Gasteiger partial charge in [-0.2, -0.15) is 4.31 Å². The minimum absolute atomic E-state index is 0.0997. The summed E-state index contributed by atoms with van der Waals surface area (Å²) in [6.07, 6.45) is 0. The Balaban J connectivity index is 1.95. The molecule has 8 nitrogen and oxygen atoms in total. The van der Waals surface area contributed by atoms with Crippen LogP contribution in [-0.2, 0) is 14.8 Å². The first kappa shape index (κ1) is 20.2. The monoisotopic (exact) mass is 401 g/mol. The fraction of sp³-hybridized carbons (Fsp3) is 0.375. The van der Waals surface area contributed by atoms with E-state index in [1.54, 1.807) is 0 Å². The number of rotatable bonds is 6. The van der Waals surface area contributed by atoms with Crippen LogP contribution in [0.1, 0.15) is 17.3 Å². The van der Waals surface area contributed by atoms with E-state index in [-0.39, 0.29) is 66.4 Å². The summed E-state index contributed by atoms with van der Waals surface area (Å²) >= 11 is 6.00. The smallest absolute Gasteiger partial charge is 0.241 e. The Kier molecular flexibility index (Phi) is 6.27. The molecule has 0 atom stereocenters. The number of hydrogen-bond donors (Lipinski definition) is 2. The van der Waals surface area contributed by atoms with Crippen molar-refractivity contribution in [3.63, 3.8) is 0 Å². The van der Waals surface area contributed by atoms with Crippen molar-refractivity contribution in [3.8, 4) is 5.75 Å². The van der Waals surface area contributed by atoms with Crippen molar-refractivity contribution >= 4 is 39.0 Å². The van der Waals surface area contributed by atoms with Crippen molar-refractivity contribution in [3.05, 3.63) is 34.7 Å². The molecule has 1 aliphatic rings. The molecular weight excluding hydrogens is 382 g/mol. The van der Waals surface area contributed by atoms with E-state index in [2.05, 4.69) is 11.9 Å². The molecule has 0 bridgehead atoms. The van der Waals surface area contributed by atoms with Gasteiger partial charge < -0.3 is 15.3 Å². The predicted octanol–water partition coefficient (Wildman–Crippen LogP) is 1.28. The van der Waals surface area contributed by atoms with E-state index in [9.17, 15) is 23.1 Å². The number of anilines is 1. The molecule has 142 valence electrons. The van der Waals surface area contributed by atoms with Crippen molar-refractivity contribution in [2.75, 3.05) is 38.0 Å². The number of sulfonamides is 1. The Bertz CT molecular complexity index is 833. The first-order chi connectivity index (χ1) is 12.2. The number of piperazine rings is 1. The molecule has 1 heterocycles. The fourth-order valence-electron chi connectivity index (χ4n) is 2.55. The van der Waals surface area contributed by atoms with E-state index >= 15 is 0 Å². The number of benzene rings is 1. The highest BCUT2D eigenvalue weighted by Gasteiger charge is 2.26. The predicted molar refractivity (Wildman–Crippen MR) is 98.9 cm³/mol. The van der Waals surface area contributed by atoms with Gasteiger partial charge in [-0.15, -0.1) is 0 Å². The van der Waals surface area contributed by atoms with Crippen LogP contribution in [0.25, 0.3) is 0 Å². The van der Waals surface area contributed by atoms with Crippen LogP contribution in [0.5, 0.6) is 5.75 Å². The van der Waals surface area contributed by atoms with Gasteiger partial charge in [-0.1, -0.05) is 18.2 Å². The lowest BCUT2D eigenvalue weighted by molar-refractivity contribution is -0.130.